The van der Waals surface area contributed by atoms with Crippen molar-refractivity contribution in [3.05, 3.63) is 0 Å². The number of rotatable bonds is 3. The fraction of sp³-hybridized carbons (Fsp3) is 0.846. The van der Waals surface area contributed by atoms with Crippen LogP contribution in [0.15, 0.2) is 0 Å². The van der Waals surface area contributed by atoms with Crippen molar-refractivity contribution in [2.45, 2.75) is 59.5 Å². The summed E-state index contributed by atoms with van der Waals surface area (Å²) in [6.45, 7) is 7.86. The van der Waals surface area contributed by atoms with Gasteiger partial charge in [0.05, 0.1) is 5.41 Å². The van der Waals surface area contributed by atoms with Gasteiger partial charge in [0.15, 0.2) is 0 Å². The Kier molecular flexibility index (Phi) is 4.11. The zero-order valence-corrected chi connectivity index (χ0v) is 10.7. The molecule has 0 bridgehead atoms. The highest BCUT2D eigenvalue weighted by atomic mass is 16.5. The van der Waals surface area contributed by atoms with Crippen LogP contribution in [0.2, 0.25) is 0 Å². The van der Waals surface area contributed by atoms with Gasteiger partial charge in [-0.1, -0.05) is 13.8 Å². The number of ketones is 1. The topological polar surface area (TPSA) is 43.4 Å². The van der Waals surface area contributed by atoms with Crippen LogP contribution < -0.4 is 0 Å². The van der Waals surface area contributed by atoms with Crippen molar-refractivity contribution in [1.29, 1.82) is 0 Å². The summed E-state index contributed by atoms with van der Waals surface area (Å²) in [4.78, 5) is 23.0. The van der Waals surface area contributed by atoms with Crippen LogP contribution in [-0.4, -0.2) is 17.9 Å². The van der Waals surface area contributed by atoms with E-state index in [0.29, 0.717) is 25.7 Å². The summed E-state index contributed by atoms with van der Waals surface area (Å²) in [5, 5.41) is 0. The highest BCUT2D eigenvalue weighted by Crippen LogP contribution is 2.29. The molecular weight excluding hydrogens is 204 g/mol. The van der Waals surface area contributed by atoms with Gasteiger partial charge in [0.2, 0.25) is 0 Å². The van der Waals surface area contributed by atoms with E-state index < -0.39 is 5.41 Å². The van der Waals surface area contributed by atoms with E-state index in [-0.39, 0.29) is 23.8 Å². The molecule has 1 aliphatic carbocycles. The van der Waals surface area contributed by atoms with Gasteiger partial charge in [-0.05, 0) is 32.6 Å². The highest BCUT2D eigenvalue weighted by Gasteiger charge is 2.35. The fourth-order valence-electron chi connectivity index (χ4n) is 1.57. The minimum Gasteiger partial charge on any atom is -0.462 e. The van der Waals surface area contributed by atoms with Crippen LogP contribution in [0.4, 0.5) is 0 Å². The maximum atomic E-state index is 11.9. The van der Waals surface area contributed by atoms with Crippen molar-refractivity contribution in [1.82, 2.24) is 0 Å². The van der Waals surface area contributed by atoms with E-state index in [1.165, 1.54) is 0 Å². The average molecular weight is 226 g/mol. The van der Waals surface area contributed by atoms with Crippen LogP contribution in [-0.2, 0) is 14.3 Å². The van der Waals surface area contributed by atoms with Crippen LogP contribution in [0.1, 0.15) is 53.4 Å². The Balaban J connectivity index is 2.48. The predicted octanol–water partition coefficient (Wildman–Crippen LogP) is 2.72. The Hall–Kier alpha value is -0.860. The van der Waals surface area contributed by atoms with Gasteiger partial charge < -0.3 is 4.74 Å². The summed E-state index contributed by atoms with van der Waals surface area (Å²) in [6, 6.07) is 0. The third-order valence-electron chi connectivity index (χ3n) is 3.73. The third kappa shape index (κ3) is 3.06. The van der Waals surface area contributed by atoms with Crippen LogP contribution in [0, 0.1) is 11.3 Å². The van der Waals surface area contributed by atoms with Gasteiger partial charge in [-0.2, -0.15) is 0 Å². The van der Waals surface area contributed by atoms with E-state index >= 15 is 0 Å². The van der Waals surface area contributed by atoms with Crippen molar-refractivity contribution in [3.63, 3.8) is 0 Å². The molecule has 0 aromatic carbocycles. The molecule has 16 heavy (non-hydrogen) atoms. The summed E-state index contributed by atoms with van der Waals surface area (Å²) < 4.78 is 5.47. The zero-order valence-electron chi connectivity index (χ0n) is 10.7. The second-order valence-corrected chi connectivity index (χ2v) is 5.52. The van der Waals surface area contributed by atoms with Gasteiger partial charge in [-0.15, -0.1) is 0 Å². The van der Waals surface area contributed by atoms with Crippen molar-refractivity contribution in [3.8, 4) is 0 Å². The summed E-state index contributed by atoms with van der Waals surface area (Å²) in [5.41, 5.74) is -0.443. The molecular formula is C13H22O3. The molecule has 0 saturated heterocycles. The molecule has 0 spiro atoms. The van der Waals surface area contributed by atoms with Crippen LogP contribution in [0.3, 0.4) is 0 Å². The maximum absolute atomic E-state index is 11.9. The third-order valence-corrected chi connectivity index (χ3v) is 3.73. The van der Waals surface area contributed by atoms with Crippen molar-refractivity contribution in [2.24, 2.45) is 11.3 Å². The molecule has 0 heterocycles. The zero-order chi connectivity index (χ0) is 12.3. The molecule has 1 aliphatic rings. The van der Waals surface area contributed by atoms with E-state index in [1.54, 1.807) is 0 Å². The van der Waals surface area contributed by atoms with E-state index in [4.69, 9.17) is 4.74 Å². The molecule has 92 valence electrons. The normalized spacial score (nSPS) is 18.9. The predicted molar refractivity (Wildman–Crippen MR) is 62.0 cm³/mol. The maximum Gasteiger partial charge on any atom is 0.312 e. The Morgan fingerprint density at radius 2 is 1.81 bits per heavy atom. The van der Waals surface area contributed by atoms with Crippen molar-refractivity contribution >= 4 is 11.8 Å². The van der Waals surface area contributed by atoms with Gasteiger partial charge in [0.25, 0.3) is 0 Å². The highest BCUT2D eigenvalue weighted by molar-refractivity contribution is 5.80. The largest absolute Gasteiger partial charge is 0.462 e. The lowest BCUT2D eigenvalue weighted by molar-refractivity contribution is -0.164. The molecule has 1 fully saturated rings. The monoisotopic (exact) mass is 226 g/mol. The fourth-order valence-corrected chi connectivity index (χ4v) is 1.57. The Labute approximate surface area is 97.5 Å². The number of hydrogen-bond acceptors (Lipinski definition) is 3. The molecule has 0 unspecified atom stereocenters. The average Bonchev–Trinajstić information content (AvgIpc) is 2.21. The Morgan fingerprint density at radius 1 is 1.31 bits per heavy atom. The number of esters is 1. The van der Waals surface area contributed by atoms with E-state index in [1.807, 2.05) is 27.7 Å². The molecule has 0 aromatic rings. The summed E-state index contributed by atoms with van der Waals surface area (Å²) in [5.74, 6) is 0.405. The Morgan fingerprint density at radius 3 is 2.25 bits per heavy atom. The first-order valence-electron chi connectivity index (χ1n) is 6.07. The van der Waals surface area contributed by atoms with Crippen LogP contribution in [0.5, 0.6) is 0 Å². The SMILES string of the molecule is CC(C)C(C)(C)C(=O)OC1CCC(=O)CC1. The minimum absolute atomic E-state index is 0.0526. The molecule has 1 rings (SSSR count). The van der Waals surface area contributed by atoms with E-state index in [0.717, 1.165) is 0 Å². The molecule has 0 radical (unpaired) electrons. The number of carbonyl (C=O) groups is 2. The summed E-state index contributed by atoms with van der Waals surface area (Å²) in [6.07, 6.45) is 2.45. The van der Waals surface area contributed by atoms with Gasteiger partial charge in [0, 0.05) is 12.8 Å². The lowest BCUT2D eigenvalue weighted by Crippen LogP contribution is -2.35. The molecule has 3 nitrogen and oxygen atoms in total. The second kappa shape index (κ2) is 4.98. The molecule has 0 aromatic heterocycles. The van der Waals surface area contributed by atoms with E-state index in [9.17, 15) is 9.59 Å². The van der Waals surface area contributed by atoms with Crippen LogP contribution in [0.25, 0.3) is 0 Å². The number of carbonyl (C=O) groups excluding carboxylic acids is 2. The number of ether oxygens (including phenoxy) is 1. The molecule has 1 saturated carbocycles. The lowest BCUT2D eigenvalue weighted by atomic mass is 9.81. The van der Waals surface area contributed by atoms with E-state index in [2.05, 4.69) is 0 Å². The van der Waals surface area contributed by atoms with Gasteiger partial charge in [-0.25, -0.2) is 0 Å². The van der Waals surface area contributed by atoms with Gasteiger partial charge in [0.1, 0.15) is 11.9 Å². The molecule has 0 aliphatic heterocycles. The van der Waals surface area contributed by atoms with Crippen molar-refractivity contribution < 1.29 is 14.3 Å². The smallest absolute Gasteiger partial charge is 0.312 e. The summed E-state index contributed by atoms with van der Waals surface area (Å²) in [7, 11) is 0. The van der Waals surface area contributed by atoms with Crippen LogP contribution >= 0.6 is 0 Å². The second-order valence-electron chi connectivity index (χ2n) is 5.52. The van der Waals surface area contributed by atoms with Gasteiger partial charge in [-0.3, -0.25) is 9.59 Å². The minimum atomic E-state index is -0.443. The molecule has 3 heteroatoms. The lowest BCUT2D eigenvalue weighted by Gasteiger charge is -2.30. The molecule has 0 amide bonds. The first kappa shape index (κ1) is 13.2. The molecule has 0 atom stereocenters. The first-order valence-corrected chi connectivity index (χ1v) is 6.07. The van der Waals surface area contributed by atoms with Gasteiger partial charge >= 0.3 is 5.97 Å². The Bertz CT molecular complexity index is 269. The number of Topliss-reactive ketones (excluding diaryl/α,β-unsaturated/α-hetero) is 1. The summed E-state index contributed by atoms with van der Waals surface area (Å²) >= 11 is 0. The quantitative estimate of drug-likeness (QED) is 0.695. The van der Waals surface area contributed by atoms with Crippen molar-refractivity contribution in [2.75, 3.05) is 0 Å². The first-order chi connectivity index (χ1) is 7.34. The standard InChI is InChI=1S/C13H22O3/c1-9(2)13(3,4)12(15)16-11-7-5-10(14)6-8-11/h9,11H,5-8H2,1-4H3. The number of hydrogen-bond donors (Lipinski definition) is 0. The molecule has 0 N–H and O–H groups in total.